The molecule has 0 aromatic heterocycles. The predicted octanol–water partition coefficient (Wildman–Crippen LogP) is 5.71. The van der Waals surface area contributed by atoms with Crippen LogP contribution in [-0.2, 0) is 16.2 Å². The Morgan fingerprint density at radius 1 is 0.963 bits per heavy atom. The molecule has 27 heavy (non-hydrogen) atoms. The smallest absolute Gasteiger partial charge is 0.494 e. The predicted molar refractivity (Wildman–Crippen MR) is 88.9 cm³/mol. The number of sulfonamides is 1. The van der Waals surface area contributed by atoms with Crippen LogP contribution in [0, 0.1) is 0 Å². The number of hydrogen-bond acceptors (Lipinski definition) is 3. The molecule has 0 bridgehead atoms. The first-order chi connectivity index (χ1) is 12.4. The van der Waals surface area contributed by atoms with Gasteiger partial charge in [0.15, 0.2) is 0 Å². The second-order valence-corrected chi connectivity index (χ2v) is 7.55. The molecule has 1 aromatic carbocycles. The van der Waals surface area contributed by atoms with Crippen molar-refractivity contribution in [2.45, 2.75) is 57.1 Å². The van der Waals surface area contributed by atoms with Gasteiger partial charge in [-0.2, -0.15) is 34.8 Å². The fourth-order valence-electron chi connectivity index (χ4n) is 2.21. The van der Waals surface area contributed by atoms with Crippen LogP contribution in [0.4, 0.5) is 32.0 Å². The lowest BCUT2D eigenvalue weighted by atomic mass is 10.1. The van der Waals surface area contributed by atoms with Crippen LogP contribution in [0.1, 0.15) is 51.0 Å². The molecule has 1 N–H and O–H groups in total. The van der Waals surface area contributed by atoms with Gasteiger partial charge in [0, 0.05) is 0 Å². The van der Waals surface area contributed by atoms with Gasteiger partial charge in [0.1, 0.15) is 5.75 Å². The average Bonchev–Trinajstić information content (AvgIpc) is 2.53. The van der Waals surface area contributed by atoms with Crippen LogP contribution in [0.25, 0.3) is 0 Å². The van der Waals surface area contributed by atoms with E-state index in [0.29, 0.717) is 18.6 Å². The van der Waals surface area contributed by atoms with Crippen LogP contribution in [-0.4, -0.2) is 20.5 Å². The van der Waals surface area contributed by atoms with Gasteiger partial charge < -0.3 is 4.74 Å². The number of hydrogen-bond donors (Lipinski definition) is 1. The monoisotopic (exact) mass is 421 g/mol. The van der Waals surface area contributed by atoms with Gasteiger partial charge in [-0.25, -0.2) is 0 Å². The summed E-state index contributed by atoms with van der Waals surface area (Å²) < 4.78 is 105. The first-order valence-corrected chi connectivity index (χ1v) is 9.80. The maximum atomic E-state index is 13.1. The maximum absolute atomic E-state index is 13.1. The Morgan fingerprint density at radius 3 is 2.11 bits per heavy atom. The van der Waals surface area contributed by atoms with Gasteiger partial charge >= 0.3 is 21.7 Å². The molecular weight excluding hydrogens is 400 g/mol. The molecule has 1 rings (SSSR count). The van der Waals surface area contributed by atoms with E-state index in [0.717, 1.165) is 42.9 Å². The largest absolute Gasteiger partial charge is 0.516 e. The number of unbranched alkanes of at least 4 members (excludes halogenated alkanes) is 5. The van der Waals surface area contributed by atoms with Gasteiger partial charge in [0.05, 0.1) is 17.9 Å². The third-order valence-electron chi connectivity index (χ3n) is 3.61. The molecule has 0 atom stereocenters. The van der Waals surface area contributed by atoms with E-state index in [4.69, 9.17) is 4.74 Å². The minimum atomic E-state index is -5.97. The number of halogens is 6. The molecule has 0 fully saturated rings. The molecule has 0 saturated heterocycles. The van der Waals surface area contributed by atoms with E-state index in [1.54, 1.807) is 0 Å². The SMILES string of the molecule is CCCCCCCCOc1ccc(NS(=O)(=O)C(F)(F)F)c(C(F)(F)F)c1. The van der Waals surface area contributed by atoms with Crippen molar-refractivity contribution in [1.82, 2.24) is 0 Å². The number of benzene rings is 1. The van der Waals surface area contributed by atoms with Crippen LogP contribution >= 0.6 is 0 Å². The zero-order chi connectivity index (χ0) is 20.7. The highest BCUT2D eigenvalue weighted by Gasteiger charge is 2.47. The number of rotatable bonds is 10. The molecule has 0 aliphatic rings. The van der Waals surface area contributed by atoms with Crippen LogP contribution < -0.4 is 9.46 Å². The maximum Gasteiger partial charge on any atom is 0.516 e. The summed E-state index contributed by atoms with van der Waals surface area (Å²) in [6, 6.07) is 2.06. The lowest BCUT2D eigenvalue weighted by molar-refractivity contribution is -0.137. The van der Waals surface area contributed by atoms with E-state index in [1.807, 2.05) is 0 Å². The summed E-state index contributed by atoms with van der Waals surface area (Å²) in [7, 11) is -5.97. The number of anilines is 1. The highest BCUT2D eigenvalue weighted by molar-refractivity contribution is 7.93. The Bertz CT molecular complexity index is 701. The van der Waals surface area contributed by atoms with Crippen LogP contribution in [0.15, 0.2) is 18.2 Å². The fraction of sp³-hybridized carbons (Fsp3) is 0.625. The third-order valence-corrected chi connectivity index (χ3v) is 4.71. The molecule has 0 heterocycles. The molecule has 0 aliphatic carbocycles. The Balaban J connectivity index is 2.83. The van der Waals surface area contributed by atoms with Gasteiger partial charge in [-0.3, -0.25) is 4.72 Å². The van der Waals surface area contributed by atoms with E-state index in [2.05, 4.69) is 6.92 Å². The molecule has 1 aromatic rings. The van der Waals surface area contributed by atoms with Crippen molar-refractivity contribution >= 4 is 15.7 Å². The number of nitrogens with one attached hydrogen (secondary N) is 1. The normalized spacial score (nSPS) is 12.9. The Labute approximate surface area is 153 Å². The first kappa shape index (κ1) is 23.4. The van der Waals surface area contributed by atoms with Crippen LogP contribution in [0.3, 0.4) is 0 Å². The van der Waals surface area contributed by atoms with E-state index in [9.17, 15) is 34.8 Å². The quantitative estimate of drug-likeness (QED) is 0.389. The summed E-state index contributed by atoms with van der Waals surface area (Å²) in [4.78, 5) is 0. The Hall–Kier alpha value is -1.65. The second-order valence-electron chi connectivity index (χ2n) is 5.87. The average molecular weight is 421 g/mol. The zero-order valence-electron chi connectivity index (χ0n) is 14.6. The third kappa shape index (κ3) is 7.47. The highest BCUT2D eigenvalue weighted by Crippen LogP contribution is 2.38. The summed E-state index contributed by atoms with van der Waals surface area (Å²) >= 11 is 0. The molecule has 4 nitrogen and oxygen atoms in total. The molecule has 0 amide bonds. The lowest BCUT2D eigenvalue weighted by Crippen LogP contribution is -2.30. The van der Waals surface area contributed by atoms with Gasteiger partial charge in [0.2, 0.25) is 0 Å². The van der Waals surface area contributed by atoms with E-state index < -0.39 is 33.0 Å². The van der Waals surface area contributed by atoms with Gasteiger partial charge in [-0.05, 0) is 24.6 Å². The van der Waals surface area contributed by atoms with Crippen molar-refractivity contribution in [3.05, 3.63) is 23.8 Å². The highest BCUT2D eigenvalue weighted by atomic mass is 32.2. The molecule has 11 heteroatoms. The van der Waals surface area contributed by atoms with Crippen molar-refractivity contribution in [3.8, 4) is 5.75 Å². The van der Waals surface area contributed by atoms with Crippen molar-refractivity contribution in [2.75, 3.05) is 11.3 Å². The molecular formula is C16H21F6NO3S. The standard InChI is InChI=1S/C16H21F6NO3S/c1-2-3-4-5-6-7-10-26-12-8-9-14(13(11-12)15(17,18)19)23-27(24,25)16(20,21)22/h8-9,11,23H,2-7,10H2,1H3. The van der Waals surface area contributed by atoms with E-state index >= 15 is 0 Å². The fourth-order valence-corrected chi connectivity index (χ4v) is 2.79. The zero-order valence-corrected chi connectivity index (χ0v) is 15.4. The molecule has 0 aliphatic heterocycles. The molecule has 0 saturated carbocycles. The Morgan fingerprint density at radius 2 is 1.56 bits per heavy atom. The molecule has 0 radical (unpaired) electrons. The summed E-state index contributed by atoms with van der Waals surface area (Å²) in [5.74, 6) is -0.203. The summed E-state index contributed by atoms with van der Waals surface area (Å²) in [5, 5.41) is 0. The van der Waals surface area contributed by atoms with Crippen molar-refractivity contribution in [1.29, 1.82) is 0 Å². The van der Waals surface area contributed by atoms with Gasteiger partial charge in [0.25, 0.3) is 0 Å². The van der Waals surface area contributed by atoms with Crippen molar-refractivity contribution in [2.24, 2.45) is 0 Å². The molecule has 156 valence electrons. The van der Waals surface area contributed by atoms with E-state index in [1.165, 1.54) is 0 Å². The number of ether oxygens (including phenoxy) is 1. The molecule has 0 spiro atoms. The van der Waals surface area contributed by atoms with E-state index in [-0.39, 0.29) is 12.4 Å². The topological polar surface area (TPSA) is 55.4 Å². The summed E-state index contributed by atoms with van der Waals surface area (Å²) in [6.45, 7) is 2.22. The minimum absolute atomic E-state index is 0.150. The lowest BCUT2D eigenvalue weighted by Gasteiger charge is -2.17. The Kier molecular flexibility index (Phi) is 8.24. The summed E-state index contributed by atoms with van der Waals surface area (Å²) in [6.07, 6.45) is 0.615. The van der Waals surface area contributed by atoms with Gasteiger partial charge in [-0.1, -0.05) is 39.0 Å². The van der Waals surface area contributed by atoms with Crippen molar-refractivity contribution < 1.29 is 39.5 Å². The summed E-state index contributed by atoms with van der Waals surface area (Å²) in [5.41, 5.74) is -8.51. The minimum Gasteiger partial charge on any atom is -0.494 e. The van der Waals surface area contributed by atoms with Crippen LogP contribution in [0.5, 0.6) is 5.75 Å². The second kappa shape index (κ2) is 9.52. The molecule has 0 unspecified atom stereocenters. The van der Waals surface area contributed by atoms with Gasteiger partial charge in [-0.15, -0.1) is 0 Å². The van der Waals surface area contributed by atoms with Crippen molar-refractivity contribution in [3.63, 3.8) is 0 Å². The first-order valence-electron chi connectivity index (χ1n) is 8.31. The number of alkyl halides is 6. The van der Waals surface area contributed by atoms with Crippen LogP contribution in [0.2, 0.25) is 0 Å².